The fraction of sp³-hybridized carbons (Fsp3) is 0.500. The summed E-state index contributed by atoms with van der Waals surface area (Å²) in [7, 11) is 0. The van der Waals surface area contributed by atoms with Crippen LogP contribution >= 0.6 is 0 Å². The molecule has 2 rings (SSSR count). The third kappa shape index (κ3) is 3.78. The molecule has 1 amide bonds. The number of furan rings is 1. The minimum absolute atomic E-state index is 0.0613. The van der Waals surface area contributed by atoms with Crippen molar-refractivity contribution < 1.29 is 24.0 Å². The van der Waals surface area contributed by atoms with Crippen molar-refractivity contribution in [2.24, 2.45) is 0 Å². The summed E-state index contributed by atoms with van der Waals surface area (Å²) in [6, 6.07) is 2.42. The summed E-state index contributed by atoms with van der Waals surface area (Å²) in [6.07, 6.45) is 0.641. The molecule has 0 radical (unpaired) electrons. The molecule has 0 bridgehead atoms. The lowest BCUT2D eigenvalue weighted by Crippen LogP contribution is -2.36. The molecular weight excluding hydrogens is 282 g/mol. The third-order valence-electron chi connectivity index (χ3n) is 3.22. The van der Waals surface area contributed by atoms with Crippen molar-refractivity contribution in [3.05, 3.63) is 28.0 Å². The van der Waals surface area contributed by atoms with E-state index in [0.29, 0.717) is 32.6 Å². The normalized spacial score (nSPS) is 16.5. The average Bonchev–Trinajstić information content (AvgIpc) is 2.80. The molecule has 1 fully saturated rings. The molecule has 21 heavy (non-hydrogen) atoms. The zero-order chi connectivity index (χ0) is 15.4. The monoisotopic (exact) mass is 297 g/mol. The van der Waals surface area contributed by atoms with Crippen LogP contribution in [-0.4, -0.2) is 64.4 Å². The van der Waals surface area contributed by atoms with E-state index < -0.39 is 22.7 Å². The van der Waals surface area contributed by atoms with Crippen LogP contribution in [0.1, 0.15) is 17.0 Å². The second-order valence-electron chi connectivity index (χ2n) is 4.71. The second-order valence-corrected chi connectivity index (χ2v) is 4.71. The van der Waals surface area contributed by atoms with Crippen molar-refractivity contribution in [3.8, 4) is 0 Å². The minimum Gasteiger partial charge on any atom is -0.480 e. The molecule has 1 N–H and O–H groups in total. The van der Waals surface area contributed by atoms with Gasteiger partial charge in [0.05, 0.1) is 12.6 Å². The summed E-state index contributed by atoms with van der Waals surface area (Å²) in [4.78, 5) is 36.0. The molecule has 9 heteroatoms. The van der Waals surface area contributed by atoms with Gasteiger partial charge in [-0.2, -0.15) is 0 Å². The molecule has 0 saturated carbocycles. The van der Waals surface area contributed by atoms with Crippen LogP contribution in [0.15, 0.2) is 16.5 Å². The highest BCUT2D eigenvalue weighted by atomic mass is 16.6. The fourth-order valence-electron chi connectivity index (χ4n) is 2.22. The Hall–Kier alpha value is -2.42. The maximum absolute atomic E-state index is 12.2. The number of amides is 1. The molecule has 0 spiro atoms. The van der Waals surface area contributed by atoms with Gasteiger partial charge in [0.2, 0.25) is 0 Å². The summed E-state index contributed by atoms with van der Waals surface area (Å²) in [5, 5.41) is 19.3. The van der Waals surface area contributed by atoms with Crippen LogP contribution in [-0.2, 0) is 4.79 Å². The summed E-state index contributed by atoms with van der Waals surface area (Å²) in [5.41, 5.74) is 0. The molecule has 2 heterocycles. The Morgan fingerprint density at radius 1 is 1.29 bits per heavy atom. The Balaban J connectivity index is 1.99. The molecule has 1 saturated heterocycles. The Morgan fingerprint density at radius 3 is 2.67 bits per heavy atom. The zero-order valence-corrected chi connectivity index (χ0v) is 11.2. The molecule has 1 aliphatic rings. The van der Waals surface area contributed by atoms with Crippen LogP contribution < -0.4 is 0 Å². The van der Waals surface area contributed by atoms with Gasteiger partial charge < -0.3 is 14.4 Å². The van der Waals surface area contributed by atoms with Crippen LogP contribution in [0, 0.1) is 10.1 Å². The zero-order valence-electron chi connectivity index (χ0n) is 11.2. The van der Waals surface area contributed by atoms with Crippen molar-refractivity contribution in [3.63, 3.8) is 0 Å². The summed E-state index contributed by atoms with van der Waals surface area (Å²) < 4.78 is 4.89. The largest absolute Gasteiger partial charge is 0.480 e. The molecule has 114 valence electrons. The summed E-state index contributed by atoms with van der Waals surface area (Å²) >= 11 is 0. The maximum atomic E-state index is 12.2. The van der Waals surface area contributed by atoms with Crippen LogP contribution in [0.5, 0.6) is 0 Å². The highest BCUT2D eigenvalue weighted by molar-refractivity contribution is 5.91. The van der Waals surface area contributed by atoms with Gasteiger partial charge in [0.25, 0.3) is 5.91 Å². The van der Waals surface area contributed by atoms with E-state index in [9.17, 15) is 19.7 Å². The number of hydrogen-bond donors (Lipinski definition) is 1. The van der Waals surface area contributed by atoms with Gasteiger partial charge in [-0.05, 0) is 12.5 Å². The van der Waals surface area contributed by atoms with Crippen LogP contribution in [0.4, 0.5) is 5.88 Å². The van der Waals surface area contributed by atoms with Gasteiger partial charge in [-0.15, -0.1) is 0 Å². The lowest BCUT2D eigenvalue weighted by molar-refractivity contribution is -0.402. The number of rotatable bonds is 4. The van der Waals surface area contributed by atoms with E-state index >= 15 is 0 Å². The van der Waals surface area contributed by atoms with Crippen molar-refractivity contribution in [1.29, 1.82) is 0 Å². The van der Waals surface area contributed by atoms with Crippen LogP contribution in [0.2, 0.25) is 0 Å². The van der Waals surface area contributed by atoms with Gasteiger partial charge in [0, 0.05) is 26.2 Å². The Kier molecular flexibility index (Phi) is 4.53. The van der Waals surface area contributed by atoms with Crippen molar-refractivity contribution >= 4 is 17.8 Å². The molecule has 0 unspecified atom stereocenters. The van der Waals surface area contributed by atoms with E-state index in [1.807, 2.05) is 0 Å². The number of aliphatic carboxylic acids is 1. The molecule has 1 aromatic heterocycles. The maximum Gasteiger partial charge on any atom is 0.433 e. The SMILES string of the molecule is O=C(O)CN1CCCN(C(=O)c2ccc([N+](=O)[O-])o2)CC1. The number of carboxylic acid groups (broad SMARTS) is 1. The smallest absolute Gasteiger partial charge is 0.433 e. The molecule has 9 nitrogen and oxygen atoms in total. The number of nitrogens with zero attached hydrogens (tertiary/aromatic N) is 3. The number of hydrogen-bond acceptors (Lipinski definition) is 6. The number of carbonyl (C=O) groups is 2. The van der Waals surface area contributed by atoms with E-state index in [-0.39, 0.29) is 12.3 Å². The Bertz CT molecular complexity index is 555. The fourth-order valence-corrected chi connectivity index (χ4v) is 2.22. The first-order valence-electron chi connectivity index (χ1n) is 6.45. The van der Waals surface area contributed by atoms with Crippen molar-refractivity contribution in [2.45, 2.75) is 6.42 Å². The number of carboxylic acids is 1. The molecule has 0 aromatic carbocycles. The van der Waals surface area contributed by atoms with Gasteiger partial charge >= 0.3 is 11.9 Å². The molecule has 1 aromatic rings. The predicted octanol–water partition coefficient (Wildman–Crippen LogP) is 0.420. The van der Waals surface area contributed by atoms with Crippen molar-refractivity contribution in [2.75, 3.05) is 32.7 Å². The highest BCUT2D eigenvalue weighted by Crippen LogP contribution is 2.18. The molecule has 1 aliphatic heterocycles. The highest BCUT2D eigenvalue weighted by Gasteiger charge is 2.25. The molecule has 0 aliphatic carbocycles. The van der Waals surface area contributed by atoms with Crippen LogP contribution in [0.25, 0.3) is 0 Å². The quantitative estimate of drug-likeness (QED) is 0.632. The van der Waals surface area contributed by atoms with Gasteiger partial charge in [-0.1, -0.05) is 0 Å². The van der Waals surface area contributed by atoms with E-state index in [4.69, 9.17) is 9.52 Å². The first-order chi connectivity index (χ1) is 9.97. The average molecular weight is 297 g/mol. The lowest BCUT2D eigenvalue weighted by Gasteiger charge is -2.19. The topological polar surface area (TPSA) is 117 Å². The number of nitro groups is 1. The van der Waals surface area contributed by atoms with E-state index in [0.717, 1.165) is 6.07 Å². The first kappa shape index (κ1) is 15.0. The molecule has 0 atom stereocenters. The van der Waals surface area contributed by atoms with Gasteiger partial charge in [-0.25, -0.2) is 0 Å². The van der Waals surface area contributed by atoms with Crippen LogP contribution in [0.3, 0.4) is 0 Å². The predicted molar refractivity (Wildman–Crippen MR) is 70.0 cm³/mol. The minimum atomic E-state index is -0.906. The van der Waals surface area contributed by atoms with E-state index in [2.05, 4.69) is 0 Å². The Morgan fingerprint density at radius 2 is 2.05 bits per heavy atom. The molecular formula is C12H15N3O6. The van der Waals surface area contributed by atoms with E-state index in [1.54, 1.807) is 4.90 Å². The first-order valence-corrected chi connectivity index (χ1v) is 6.45. The Labute approximate surface area is 119 Å². The third-order valence-corrected chi connectivity index (χ3v) is 3.22. The standard InChI is InChI=1S/C12H15N3O6/c16-11(17)8-13-4-1-5-14(7-6-13)12(18)9-2-3-10(21-9)15(19)20/h2-3H,1,4-8H2,(H,16,17). The summed E-state index contributed by atoms with van der Waals surface area (Å²) in [5.74, 6) is -1.87. The van der Waals surface area contributed by atoms with Gasteiger partial charge in [0.1, 0.15) is 4.92 Å². The van der Waals surface area contributed by atoms with Gasteiger partial charge in [-0.3, -0.25) is 24.6 Å². The number of carbonyl (C=O) groups excluding carboxylic acids is 1. The summed E-state index contributed by atoms with van der Waals surface area (Å²) in [6.45, 7) is 1.80. The lowest BCUT2D eigenvalue weighted by atomic mass is 10.3. The van der Waals surface area contributed by atoms with Gasteiger partial charge in [0.15, 0.2) is 5.76 Å². The van der Waals surface area contributed by atoms with Crippen molar-refractivity contribution in [1.82, 2.24) is 9.80 Å². The van der Waals surface area contributed by atoms with E-state index in [1.165, 1.54) is 11.0 Å². The second kappa shape index (κ2) is 6.35.